The number of carbonyl (C=O) groups excluding carboxylic acids is 1. The van der Waals surface area contributed by atoms with Gasteiger partial charge in [0.25, 0.3) is 5.91 Å². The Labute approximate surface area is 124 Å². The molecule has 1 aromatic rings. The molecular formula is C14H20ClN3O2. The summed E-state index contributed by atoms with van der Waals surface area (Å²) in [5.41, 5.74) is 0.582. The molecule has 1 amide bonds. The number of nitrogens with zero attached hydrogens (tertiary/aromatic N) is 2. The lowest BCUT2D eigenvalue weighted by atomic mass is 10.1. The summed E-state index contributed by atoms with van der Waals surface area (Å²) >= 11 is 5.97. The van der Waals surface area contributed by atoms with Crippen LogP contribution in [0.25, 0.3) is 0 Å². The lowest BCUT2D eigenvalue weighted by molar-refractivity contribution is 0.0775. The van der Waals surface area contributed by atoms with Crippen molar-refractivity contribution in [1.29, 1.82) is 0 Å². The first-order valence-corrected chi connectivity index (χ1v) is 7.21. The van der Waals surface area contributed by atoms with Crippen molar-refractivity contribution in [1.82, 2.24) is 9.88 Å². The quantitative estimate of drug-likeness (QED) is 0.847. The molecule has 0 spiro atoms. The lowest BCUT2D eigenvalue weighted by Gasteiger charge is -2.17. The van der Waals surface area contributed by atoms with Crippen molar-refractivity contribution in [3.05, 3.63) is 22.8 Å². The van der Waals surface area contributed by atoms with Crippen LogP contribution in [0.1, 0.15) is 23.7 Å². The highest BCUT2D eigenvalue weighted by Crippen LogP contribution is 2.21. The minimum Gasteiger partial charge on any atom is -0.384 e. The first-order valence-electron chi connectivity index (χ1n) is 6.83. The zero-order valence-corrected chi connectivity index (χ0v) is 12.6. The number of aromatic nitrogens is 1. The van der Waals surface area contributed by atoms with E-state index in [0.717, 1.165) is 26.1 Å². The van der Waals surface area contributed by atoms with E-state index in [9.17, 15) is 4.79 Å². The molecule has 5 nitrogen and oxygen atoms in total. The van der Waals surface area contributed by atoms with Crippen LogP contribution < -0.4 is 5.32 Å². The van der Waals surface area contributed by atoms with Crippen LogP contribution in [0.2, 0.25) is 5.15 Å². The summed E-state index contributed by atoms with van der Waals surface area (Å²) in [6.07, 6.45) is 0.985. The number of ether oxygens (including phenoxy) is 1. The van der Waals surface area contributed by atoms with Gasteiger partial charge in [0.15, 0.2) is 0 Å². The van der Waals surface area contributed by atoms with Gasteiger partial charge in [-0.2, -0.15) is 0 Å². The van der Waals surface area contributed by atoms with Crippen LogP contribution in [0.4, 0.5) is 5.82 Å². The molecule has 0 aromatic carbocycles. The van der Waals surface area contributed by atoms with Gasteiger partial charge >= 0.3 is 0 Å². The highest BCUT2D eigenvalue weighted by molar-refractivity contribution is 6.29. The van der Waals surface area contributed by atoms with Gasteiger partial charge in [0, 0.05) is 38.2 Å². The van der Waals surface area contributed by atoms with Crippen molar-refractivity contribution in [2.75, 3.05) is 38.7 Å². The SMILES string of the molecule is CCNc1cc(C(=O)N2CCC(COC)C2)cc(Cl)n1. The van der Waals surface area contributed by atoms with Gasteiger partial charge < -0.3 is 15.0 Å². The van der Waals surface area contributed by atoms with E-state index in [4.69, 9.17) is 16.3 Å². The van der Waals surface area contributed by atoms with E-state index in [-0.39, 0.29) is 5.91 Å². The van der Waals surface area contributed by atoms with Gasteiger partial charge in [-0.3, -0.25) is 4.79 Å². The molecule has 0 bridgehead atoms. The third kappa shape index (κ3) is 3.61. The van der Waals surface area contributed by atoms with Crippen LogP contribution in [0.5, 0.6) is 0 Å². The number of methoxy groups -OCH3 is 1. The predicted molar refractivity (Wildman–Crippen MR) is 79.3 cm³/mol. The van der Waals surface area contributed by atoms with E-state index >= 15 is 0 Å². The molecule has 1 aromatic heterocycles. The van der Waals surface area contributed by atoms with E-state index in [1.54, 1.807) is 19.2 Å². The monoisotopic (exact) mass is 297 g/mol. The van der Waals surface area contributed by atoms with Crippen molar-refractivity contribution in [2.24, 2.45) is 5.92 Å². The first-order chi connectivity index (χ1) is 9.63. The van der Waals surface area contributed by atoms with Crippen LogP contribution in [0.15, 0.2) is 12.1 Å². The molecule has 0 aliphatic carbocycles. The number of pyridine rings is 1. The van der Waals surface area contributed by atoms with Crippen LogP contribution >= 0.6 is 11.6 Å². The standard InChI is InChI=1S/C14H20ClN3O2/c1-3-16-13-7-11(6-12(15)17-13)14(19)18-5-4-10(8-18)9-20-2/h6-7,10H,3-5,8-9H2,1-2H3,(H,16,17). The molecule has 1 fully saturated rings. The Morgan fingerprint density at radius 3 is 3.10 bits per heavy atom. The number of halogens is 1. The lowest BCUT2D eigenvalue weighted by Crippen LogP contribution is -2.29. The third-order valence-electron chi connectivity index (χ3n) is 3.37. The number of carbonyl (C=O) groups is 1. The fourth-order valence-electron chi connectivity index (χ4n) is 2.46. The minimum absolute atomic E-state index is 0.00653. The van der Waals surface area contributed by atoms with E-state index in [0.29, 0.717) is 29.1 Å². The maximum Gasteiger partial charge on any atom is 0.254 e. The van der Waals surface area contributed by atoms with Crippen LogP contribution in [-0.4, -0.2) is 49.1 Å². The Hall–Kier alpha value is -1.33. The highest BCUT2D eigenvalue weighted by Gasteiger charge is 2.27. The Bertz CT molecular complexity index is 481. The minimum atomic E-state index is 0.00653. The molecule has 0 radical (unpaired) electrons. The maximum absolute atomic E-state index is 12.5. The summed E-state index contributed by atoms with van der Waals surface area (Å²) in [6, 6.07) is 3.37. The van der Waals surface area contributed by atoms with Crippen LogP contribution in [-0.2, 0) is 4.74 Å². The molecule has 110 valence electrons. The molecule has 1 aliphatic rings. The summed E-state index contributed by atoms with van der Waals surface area (Å²) in [6.45, 7) is 4.91. The van der Waals surface area contributed by atoms with Gasteiger partial charge in [0.2, 0.25) is 0 Å². The van der Waals surface area contributed by atoms with Gasteiger partial charge in [-0.1, -0.05) is 11.6 Å². The molecule has 2 heterocycles. The molecule has 0 saturated carbocycles. The van der Waals surface area contributed by atoms with E-state index < -0.39 is 0 Å². The molecular weight excluding hydrogens is 278 g/mol. The maximum atomic E-state index is 12.5. The van der Waals surface area contributed by atoms with Crippen molar-refractivity contribution >= 4 is 23.3 Å². The molecule has 20 heavy (non-hydrogen) atoms. The van der Waals surface area contributed by atoms with Crippen LogP contribution in [0, 0.1) is 5.92 Å². The Morgan fingerprint density at radius 1 is 1.60 bits per heavy atom. The molecule has 2 rings (SSSR count). The number of anilines is 1. The largest absolute Gasteiger partial charge is 0.384 e. The molecule has 1 N–H and O–H groups in total. The van der Waals surface area contributed by atoms with Gasteiger partial charge in [0.1, 0.15) is 11.0 Å². The number of hydrogen-bond acceptors (Lipinski definition) is 4. The number of rotatable bonds is 5. The summed E-state index contributed by atoms with van der Waals surface area (Å²) in [4.78, 5) is 18.5. The van der Waals surface area contributed by atoms with Gasteiger partial charge in [0.05, 0.1) is 6.61 Å². The topological polar surface area (TPSA) is 54.5 Å². The number of amides is 1. The Kier molecular flexibility index (Phi) is 5.20. The van der Waals surface area contributed by atoms with Crippen molar-refractivity contribution in [3.63, 3.8) is 0 Å². The fraction of sp³-hybridized carbons (Fsp3) is 0.571. The number of likely N-dealkylation sites (tertiary alicyclic amines) is 1. The summed E-state index contributed by atoms with van der Waals surface area (Å²) in [5.74, 6) is 1.07. The number of hydrogen-bond donors (Lipinski definition) is 1. The van der Waals surface area contributed by atoms with Gasteiger partial charge in [-0.05, 0) is 25.5 Å². The van der Waals surface area contributed by atoms with Crippen molar-refractivity contribution in [3.8, 4) is 0 Å². The molecule has 1 atom stereocenters. The first kappa shape index (κ1) is 15.1. The van der Waals surface area contributed by atoms with Crippen molar-refractivity contribution in [2.45, 2.75) is 13.3 Å². The number of nitrogens with one attached hydrogen (secondary N) is 1. The molecule has 6 heteroatoms. The molecule has 1 unspecified atom stereocenters. The zero-order chi connectivity index (χ0) is 14.5. The van der Waals surface area contributed by atoms with E-state index in [1.165, 1.54) is 0 Å². The summed E-state index contributed by atoms with van der Waals surface area (Å²) in [5, 5.41) is 3.41. The second kappa shape index (κ2) is 6.90. The Balaban J connectivity index is 2.09. The zero-order valence-electron chi connectivity index (χ0n) is 11.9. The smallest absolute Gasteiger partial charge is 0.254 e. The Morgan fingerprint density at radius 2 is 2.40 bits per heavy atom. The van der Waals surface area contributed by atoms with Gasteiger partial charge in [-0.25, -0.2) is 4.98 Å². The third-order valence-corrected chi connectivity index (χ3v) is 3.57. The summed E-state index contributed by atoms with van der Waals surface area (Å²) < 4.78 is 5.15. The second-order valence-corrected chi connectivity index (χ2v) is 5.34. The molecule has 1 aliphatic heterocycles. The predicted octanol–water partition coefficient (Wildman–Crippen LogP) is 2.28. The van der Waals surface area contributed by atoms with Crippen LogP contribution in [0.3, 0.4) is 0 Å². The van der Waals surface area contributed by atoms with E-state index in [2.05, 4.69) is 10.3 Å². The van der Waals surface area contributed by atoms with E-state index in [1.807, 2.05) is 11.8 Å². The normalized spacial score (nSPS) is 18.4. The fourth-order valence-corrected chi connectivity index (χ4v) is 2.67. The molecule has 1 saturated heterocycles. The van der Waals surface area contributed by atoms with Crippen molar-refractivity contribution < 1.29 is 9.53 Å². The average Bonchev–Trinajstić information content (AvgIpc) is 2.86. The summed E-state index contributed by atoms with van der Waals surface area (Å²) in [7, 11) is 1.69. The highest BCUT2D eigenvalue weighted by atomic mass is 35.5. The second-order valence-electron chi connectivity index (χ2n) is 4.96. The average molecular weight is 298 g/mol. The van der Waals surface area contributed by atoms with Gasteiger partial charge in [-0.15, -0.1) is 0 Å².